The Balaban J connectivity index is 2.23. The third-order valence-corrected chi connectivity index (χ3v) is 2.32. The van der Waals surface area contributed by atoms with E-state index in [0.29, 0.717) is 25.1 Å². The van der Waals surface area contributed by atoms with Crippen LogP contribution < -0.4 is 10.6 Å². The number of hydrogen-bond donors (Lipinski definition) is 2. The minimum absolute atomic E-state index is 0.00327. The lowest BCUT2D eigenvalue weighted by atomic mass is 10.1. The molecule has 0 radical (unpaired) electrons. The number of carbonyl (C=O) groups excluding carboxylic acids is 1. The molecule has 2 N–H and O–H groups in total. The van der Waals surface area contributed by atoms with Crippen LogP contribution >= 0.6 is 0 Å². The second kappa shape index (κ2) is 6.50. The van der Waals surface area contributed by atoms with Crippen molar-refractivity contribution in [2.24, 2.45) is 0 Å². The molecule has 0 heterocycles. The molecule has 1 rings (SSSR count). The van der Waals surface area contributed by atoms with E-state index in [-0.39, 0.29) is 17.3 Å². The Kier molecular flexibility index (Phi) is 5.28. The van der Waals surface area contributed by atoms with E-state index in [1.807, 2.05) is 20.8 Å². The molecule has 3 nitrogen and oxygen atoms in total. The van der Waals surface area contributed by atoms with Gasteiger partial charge in [0.1, 0.15) is 5.82 Å². The summed E-state index contributed by atoms with van der Waals surface area (Å²) < 4.78 is 13.3. The molecule has 4 heteroatoms. The van der Waals surface area contributed by atoms with Gasteiger partial charge in [-0.3, -0.25) is 4.79 Å². The van der Waals surface area contributed by atoms with Gasteiger partial charge in [-0.1, -0.05) is 18.2 Å². The molecule has 1 aromatic rings. The molecule has 18 heavy (non-hydrogen) atoms. The minimum atomic E-state index is -0.218. The highest BCUT2D eigenvalue weighted by molar-refractivity contribution is 5.76. The normalized spacial score (nSPS) is 11.3. The average Bonchev–Trinajstić information content (AvgIpc) is 2.24. The maximum absolute atomic E-state index is 13.3. The maximum atomic E-state index is 13.3. The Morgan fingerprint density at radius 3 is 2.56 bits per heavy atom. The van der Waals surface area contributed by atoms with Crippen LogP contribution in [0.5, 0.6) is 0 Å². The fourth-order valence-corrected chi connectivity index (χ4v) is 1.55. The molecule has 0 aromatic heterocycles. The predicted molar refractivity (Wildman–Crippen MR) is 70.6 cm³/mol. The third-order valence-electron chi connectivity index (χ3n) is 2.32. The topological polar surface area (TPSA) is 41.1 Å². The minimum Gasteiger partial charge on any atom is -0.351 e. The molecule has 0 bridgehead atoms. The van der Waals surface area contributed by atoms with Crippen LogP contribution in [0.4, 0.5) is 4.39 Å². The number of benzene rings is 1. The summed E-state index contributed by atoms with van der Waals surface area (Å²) in [4.78, 5) is 11.5. The van der Waals surface area contributed by atoms with Gasteiger partial charge in [0.2, 0.25) is 5.91 Å². The largest absolute Gasteiger partial charge is 0.351 e. The fourth-order valence-electron chi connectivity index (χ4n) is 1.55. The second-order valence-corrected chi connectivity index (χ2v) is 5.32. The summed E-state index contributed by atoms with van der Waals surface area (Å²) in [6, 6.07) is 6.63. The van der Waals surface area contributed by atoms with Crippen LogP contribution in [0.1, 0.15) is 32.8 Å². The summed E-state index contributed by atoms with van der Waals surface area (Å²) in [6.07, 6.45) is 0.395. The fraction of sp³-hybridized carbons (Fsp3) is 0.500. The molecule has 0 aliphatic heterocycles. The van der Waals surface area contributed by atoms with E-state index in [1.54, 1.807) is 18.2 Å². The first-order valence-electron chi connectivity index (χ1n) is 6.13. The number of nitrogens with one attached hydrogen (secondary N) is 2. The van der Waals surface area contributed by atoms with Crippen LogP contribution in [0.3, 0.4) is 0 Å². The number of hydrogen-bond acceptors (Lipinski definition) is 2. The zero-order valence-corrected chi connectivity index (χ0v) is 11.2. The summed E-state index contributed by atoms with van der Waals surface area (Å²) in [5, 5.41) is 5.93. The lowest BCUT2D eigenvalue weighted by Crippen LogP contribution is -2.41. The predicted octanol–water partition coefficient (Wildman–Crippen LogP) is 2.22. The van der Waals surface area contributed by atoms with Crippen molar-refractivity contribution in [2.75, 3.05) is 6.54 Å². The van der Waals surface area contributed by atoms with Gasteiger partial charge in [-0.25, -0.2) is 4.39 Å². The highest BCUT2D eigenvalue weighted by atomic mass is 19.1. The molecule has 0 unspecified atom stereocenters. The quantitative estimate of drug-likeness (QED) is 0.789. The lowest BCUT2D eigenvalue weighted by Gasteiger charge is -2.20. The number of halogens is 1. The Hall–Kier alpha value is -1.42. The highest BCUT2D eigenvalue weighted by Gasteiger charge is 2.12. The standard InChI is InChI=1S/C14H21FN2O/c1-14(2,3)17-13(18)8-9-16-10-11-6-4-5-7-12(11)15/h4-7,16H,8-10H2,1-3H3,(H,17,18). The molecule has 100 valence electrons. The molecule has 0 spiro atoms. The van der Waals surface area contributed by atoms with E-state index in [2.05, 4.69) is 10.6 Å². The zero-order valence-electron chi connectivity index (χ0n) is 11.2. The van der Waals surface area contributed by atoms with Crippen LogP contribution in [-0.4, -0.2) is 18.0 Å². The van der Waals surface area contributed by atoms with E-state index in [9.17, 15) is 9.18 Å². The van der Waals surface area contributed by atoms with Gasteiger partial charge in [0.05, 0.1) is 0 Å². The van der Waals surface area contributed by atoms with Crippen LogP contribution in [0, 0.1) is 5.82 Å². The van der Waals surface area contributed by atoms with Crippen LogP contribution in [0.25, 0.3) is 0 Å². The first-order valence-corrected chi connectivity index (χ1v) is 6.13. The van der Waals surface area contributed by atoms with E-state index < -0.39 is 0 Å². The van der Waals surface area contributed by atoms with Crippen LogP contribution in [0.15, 0.2) is 24.3 Å². The van der Waals surface area contributed by atoms with Gasteiger partial charge in [0.15, 0.2) is 0 Å². The van der Waals surface area contributed by atoms with Crippen molar-refractivity contribution in [2.45, 2.75) is 39.3 Å². The molecule has 0 saturated carbocycles. The Morgan fingerprint density at radius 2 is 1.94 bits per heavy atom. The summed E-state index contributed by atoms with van der Waals surface area (Å²) in [5.74, 6) is -0.215. The van der Waals surface area contributed by atoms with Crippen molar-refractivity contribution in [3.8, 4) is 0 Å². The lowest BCUT2D eigenvalue weighted by molar-refractivity contribution is -0.122. The average molecular weight is 252 g/mol. The van der Waals surface area contributed by atoms with Gasteiger partial charge in [0.25, 0.3) is 0 Å². The van der Waals surface area contributed by atoms with E-state index in [4.69, 9.17) is 0 Å². The van der Waals surface area contributed by atoms with Crippen LogP contribution in [-0.2, 0) is 11.3 Å². The second-order valence-electron chi connectivity index (χ2n) is 5.32. The van der Waals surface area contributed by atoms with Gasteiger partial charge in [-0.2, -0.15) is 0 Å². The van der Waals surface area contributed by atoms with Crippen molar-refractivity contribution in [1.29, 1.82) is 0 Å². The summed E-state index contributed by atoms with van der Waals surface area (Å²) in [6.45, 7) is 6.80. The van der Waals surface area contributed by atoms with Crippen molar-refractivity contribution >= 4 is 5.91 Å². The first-order chi connectivity index (χ1) is 8.38. The molecule has 0 fully saturated rings. The van der Waals surface area contributed by atoms with Crippen molar-refractivity contribution in [3.05, 3.63) is 35.6 Å². The smallest absolute Gasteiger partial charge is 0.221 e. The molecule has 1 aromatic carbocycles. The molecule has 0 aliphatic carbocycles. The van der Waals surface area contributed by atoms with Crippen molar-refractivity contribution in [1.82, 2.24) is 10.6 Å². The van der Waals surface area contributed by atoms with Gasteiger partial charge in [-0.15, -0.1) is 0 Å². The molecular formula is C14H21FN2O. The molecule has 1 amide bonds. The highest BCUT2D eigenvalue weighted by Crippen LogP contribution is 2.05. The van der Waals surface area contributed by atoms with Gasteiger partial charge < -0.3 is 10.6 Å². The SMILES string of the molecule is CC(C)(C)NC(=O)CCNCc1ccccc1F. The third kappa shape index (κ3) is 5.77. The maximum Gasteiger partial charge on any atom is 0.221 e. The van der Waals surface area contributed by atoms with E-state index >= 15 is 0 Å². The molecular weight excluding hydrogens is 231 g/mol. The Morgan fingerprint density at radius 1 is 1.28 bits per heavy atom. The Bertz CT molecular complexity index is 399. The first kappa shape index (κ1) is 14.6. The molecule has 0 aliphatic rings. The Labute approximate surface area is 108 Å². The zero-order chi connectivity index (χ0) is 13.6. The number of carbonyl (C=O) groups is 1. The molecule has 0 saturated heterocycles. The van der Waals surface area contributed by atoms with Crippen molar-refractivity contribution < 1.29 is 9.18 Å². The van der Waals surface area contributed by atoms with Crippen molar-refractivity contribution in [3.63, 3.8) is 0 Å². The number of rotatable bonds is 5. The summed E-state index contributed by atoms with van der Waals surface area (Å²) in [7, 11) is 0. The monoisotopic (exact) mass is 252 g/mol. The number of amides is 1. The van der Waals surface area contributed by atoms with Gasteiger partial charge in [-0.05, 0) is 26.8 Å². The van der Waals surface area contributed by atoms with Gasteiger partial charge >= 0.3 is 0 Å². The summed E-state index contributed by atoms with van der Waals surface area (Å²) >= 11 is 0. The molecule has 0 atom stereocenters. The van der Waals surface area contributed by atoms with Gasteiger partial charge in [0, 0.05) is 30.6 Å². The van der Waals surface area contributed by atoms with E-state index in [0.717, 1.165) is 0 Å². The van der Waals surface area contributed by atoms with Crippen LogP contribution in [0.2, 0.25) is 0 Å². The van der Waals surface area contributed by atoms with E-state index in [1.165, 1.54) is 6.07 Å². The summed E-state index contributed by atoms with van der Waals surface area (Å²) in [5.41, 5.74) is 0.413.